The van der Waals surface area contributed by atoms with Gasteiger partial charge in [-0.25, -0.2) is 8.78 Å². The van der Waals surface area contributed by atoms with Gasteiger partial charge < -0.3 is 10.2 Å². The van der Waals surface area contributed by atoms with Crippen LogP contribution in [-0.4, -0.2) is 31.6 Å². The predicted molar refractivity (Wildman–Crippen MR) is 65.1 cm³/mol. The van der Waals surface area contributed by atoms with Crippen molar-refractivity contribution >= 4 is 5.69 Å². The second kappa shape index (κ2) is 5.45. The van der Waals surface area contributed by atoms with Crippen LogP contribution in [0.4, 0.5) is 14.5 Å². The lowest BCUT2D eigenvalue weighted by Gasteiger charge is -2.30. The van der Waals surface area contributed by atoms with E-state index in [4.69, 9.17) is 0 Å². The maximum atomic E-state index is 13.4. The molecule has 1 unspecified atom stereocenters. The smallest absolute Gasteiger partial charge is 0.146 e. The van der Waals surface area contributed by atoms with Crippen LogP contribution in [0.2, 0.25) is 0 Å². The van der Waals surface area contributed by atoms with Crippen molar-refractivity contribution in [3.8, 4) is 0 Å². The van der Waals surface area contributed by atoms with Gasteiger partial charge in [0.1, 0.15) is 11.6 Å². The van der Waals surface area contributed by atoms with Crippen molar-refractivity contribution in [3.05, 3.63) is 29.8 Å². The minimum absolute atomic E-state index is 0.262. The fraction of sp³-hybridized carbons (Fsp3) is 0.538. The molecule has 1 saturated heterocycles. The molecule has 2 rings (SSSR count). The van der Waals surface area contributed by atoms with E-state index in [2.05, 4.69) is 17.3 Å². The molecule has 17 heavy (non-hydrogen) atoms. The van der Waals surface area contributed by atoms with Crippen molar-refractivity contribution in [2.45, 2.75) is 12.8 Å². The first-order chi connectivity index (χ1) is 8.15. The molecule has 0 radical (unpaired) electrons. The summed E-state index contributed by atoms with van der Waals surface area (Å²) < 4.78 is 26.3. The monoisotopic (exact) mass is 240 g/mol. The van der Waals surface area contributed by atoms with Crippen molar-refractivity contribution in [1.82, 2.24) is 4.90 Å². The van der Waals surface area contributed by atoms with E-state index >= 15 is 0 Å². The number of nitrogens with zero attached hydrogens (tertiary/aromatic N) is 1. The van der Waals surface area contributed by atoms with Gasteiger partial charge in [-0.1, -0.05) is 0 Å². The summed E-state index contributed by atoms with van der Waals surface area (Å²) in [7, 11) is 2.09. The molecule has 0 bridgehead atoms. The summed E-state index contributed by atoms with van der Waals surface area (Å²) in [5.41, 5.74) is 0.262. The average Bonchev–Trinajstić information content (AvgIpc) is 2.30. The molecule has 0 amide bonds. The molecule has 1 aliphatic rings. The molecule has 0 aliphatic carbocycles. The Hall–Kier alpha value is -1.16. The van der Waals surface area contributed by atoms with Gasteiger partial charge in [0.05, 0.1) is 5.69 Å². The highest BCUT2D eigenvalue weighted by Crippen LogP contribution is 2.19. The van der Waals surface area contributed by atoms with Gasteiger partial charge in [0.2, 0.25) is 0 Å². The van der Waals surface area contributed by atoms with Gasteiger partial charge in [-0.3, -0.25) is 0 Å². The second-order valence-electron chi connectivity index (χ2n) is 4.78. The van der Waals surface area contributed by atoms with Crippen LogP contribution in [0.3, 0.4) is 0 Å². The second-order valence-corrected chi connectivity index (χ2v) is 4.78. The first-order valence-corrected chi connectivity index (χ1v) is 6.02. The van der Waals surface area contributed by atoms with Crippen molar-refractivity contribution in [2.75, 3.05) is 32.0 Å². The topological polar surface area (TPSA) is 15.3 Å². The van der Waals surface area contributed by atoms with Crippen molar-refractivity contribution in [2.24, 2.45) is 5.92 Å². The third-order valence-corrected chi connectivity index (χ3v) is 3.23. The van der Waals surface area contributed by atoms with Crippen molar-refractivity contribution < 1.29 is 8.78 Å². The van der Waals surface area contributed by atoms with E-state index in [1.165, 1.54) is 12.5 Å². The molecular formula is C13H18F2N2. The molecule has 1 heterocycles. The average molecular weight is 240 g/mol. The zero-order valence-electron chi connectivity index (χ0n) is 10.0. The summed E-state index contributed by atoms with van der Waals surface area (Å²) in [6.45, 7) is 2.85. The van der Waals surface area contributed by atoms with E-state index in [0.29, 0.717) is 12.5 Å². The Balaban J connectivity index is 1.90. The number of rotatable bonds is 3. The summed E-state index contributed by atoms with van der Waals surface area (Å²) in [4.78, 5) is 2.28. The fourth-order valence-electron chi connectivity index (χ4n) is 2.33. The molecule has 1 aliphatic heterocycles. The molecule has 1 N–H and O–H groups in total. The Bertz CT molecular complexity index is 382. The summed E-state index contributed by atoms with van der Waals surface area (Å²) in [5, 5.41) is 3.00. The first kappa shape index (κ1) is 12.3. The van der Waals surface area contributed by atoms with Gasteiger partial charge in [0.15, 0.2) is 0 Å². The Kier molecular flexibility index (Phi) is 3.94. The van der Waals surface area contributed by atoms with Crippen LogP contribution >= 0.6 is 0 Å². The highest BCUT2D eigenvalue weighted by molar-refractivity contribution is 5.44. The van der Waals surface area contributed by atoms with Crippen LogP contribution in [0.15, 0.2) is 18.2 Å². The lowest BCUT2D eigenvalue weighted by Crippen LogP contribution is -2.35. The lowest BCUT2D eigenvalue weighted by molar-refractivity contribution is 0.217. The summed E-state index contributed by atoms with van der Waals surface area (Å²) in [5.74, 6) is -0.290. The maximum Gasteiger partial charge on any atom is 0.146 e. The SMILES string of the molecule is CN1CCCC(CNc2cc(F)ccc2F)C1. The van der Waals surface area contributed by atoms with Gasteiger partial charge in [-0.15, -0.1) is 0 Å². The Labute approximate surface area is 101 Å². The number of halogens is 2. The van der Waals surface area contributed by atoms with Gasteiger partial charge in [0.25, 0.3) is 0 Å². The summed E-state index contributed by atoms with van der Waals surface area (Å²) in [6.07, 6.45) is 2.32. The molecule has 1 fully saturated rings. The Morgan fingerprint density at radius 2 is 2.24 bits per heavy atom. The molecule has 94 valence electrons. The molecule has 0 saturated carbocycles. The van der Waals surface area contributed by atoms with Crippen LogP contribution in [0, 0.1) is 17.6 Å². The zero-order chi connectivity index (χ0) is 12.3. The normalized spacial score (nSPS) is 21.5. The van der Waals surface area contributed by atoms with E-state index in [0.717, 1.165) is 31.6 Å². The minimum atomic E-state index is -0.408. The third-order valence-electron chi connectivity index (χ3n) is 3.23. The predicted octanol–water partition coefficient (Wildman–Crippen LogP) is 2.72. The molecule has 4 heteroatoms. The zero-order valence-corrected chi connectivity index (χ0v) is 10.0. The highest BCUT2D eigenvalue weighted by Gasteiger charge is 2.17. The molecule has 2 nitrogen and oxygen atoms in total. The van der Waals surface area contributed by atoms with E-state index in [1.54, 1.807) is 0 Å². The Morgan fingerprint density at radius 1 is 1.41 bits per heavy atom. The van der Waals surface area contributed by atoms with Crippen LogP contribution in [-0.2, 0) is 0 Å². The molecular weight excluding hydrogens is 222 g/mol. The minimum Gasteiger partial charge on any atom is -0.382 e. The summed E-state index contributed by atoms with van der Waals surface area (Å²) in [6, 6.07) is 3.50. The number of anilines is 1. The first-order valence-electron chi connectivity index (χ1n) is 6.02. The van der Waals surface area contributed by atoms with Gasteiger partial charge in [-0.05, 0) is 50.6 Å². The molecule has 0 aromatic heterocycles. The number of hydrogen-bond donors (Lipinski definition) is 1. The quantitative estimate of drug-likeness (QED) is 0.874. The van der Waals surface area contributed by atoms with E-state index in [-0.39, 0.29) is 5.69 Å². The fourth-order valence-corrected chi connectivity index (χ4v) is 2.33. The van der Waals surface area contributed by atoms with Crippen LogP contribution in [0.25, 0.3) is 0 Å². The highest BCUT2D eigenvalue weighted by atomic mass is 19.1. The largest absolute Gasteiger partial charge is 0.382 e. The lowest BCUT2D eigenvalue weighted by atomic mass is 9.98. The number of benzene rings is 1. The van der Waals surface area contributed by atoms with E-state index < -0.39 is 11.6 Å². The van der Waals surface area contributed by atoms with Crippen LogP contribution in [0.5, 0.6) is 0 Å². The van der Waals surface area contributed by atoms with Gasteiger partial charge in [-0.2, -0.15) is 0 Å². The summed E-state index contributed by atoms with van der Waals surface area (Å²) >= 11 is 0. The number of nitrogens with one attached hydrogen (secondary N) is 1. The van der Waals surface area contributed by atoms with Crippen LogP contribution < -0.4 is 5.32 Å². The van der Waals surface area contributed by atoms with Gasteiger partial charge >= 0.3 is 0 Å². The third kappa shape index (κ3) is 3.40. The van der Waals surface area contributed by atoms with Crippen molar-refractivity contribution in [1.29, 1.82) is 0 Å². The number of piperidine rings is 1. The van der Waals surface area contributed by atoms with E-state index in [9.17, 15) is 8.78 Å². The molecule has 0 spiro atoms. The molecule has 1 aromatic carbocycles. The molecule has 1 aromatic rings. The Morgan fingerprint density at radius 3 is 3.00 bits per heavy atom. The molecule has 1 atom stereocenters. The van der Waals surface area contributed by atoms with E-state index in [1.807, 2.05) is 0 Å². The number of likely N-dealkylation sites (tertiary alicyclic amines) is 1. The maximum absolute atomic E-state index is 13.4. The number of hydrogen-bond acceptors (Lipinski definition) is 2. The van der Waals surface area contributed by atoms with Crippen LogP contribution in [0.1, 0.15) is 12.8 Å². The van der Waals surface area contributed by atoms with Crippen molar-refractivity contribution in [3.63, 3.8) is 0 Å². The standard InChI is InChI=1S/C13H18F2N2/c1-17-6-2-3-10(9-17)8-16-13-7-11(14)4-5-12(13)15/h4-5,7,10,16H,2-3,6,8-9H2,1H3. The van der Waals surface area contributed by atoms with Gasteiger partial charge in [0, 0.05) is 13.1 Å².